The first-order valence-electron chi connectivity index (χ1n) is 5.28. The summed E-state index contributed by atoms with van der Waals surface area (Å²) in [6.45, 7) is 1.94. The molecule has 1 saturated heterocycles. The molecule has 0 radical (unpaired) electrons. The van der Waals surface area contributed by atoms with Crippen LogP contribution in [-0.2, 0) is 17.9 Å². The average molecular weight is 225 g/mol. The van der Waals surface area contributed by atoms with Gasteiger partial charge in [-0.3, -0.25) is 4.68 Å². The van der Waals surface area contributed by atoms with E-state index in [1.54, 1.807) is 10.9 Å². The zero-order valence-electron chi connectivity index (χ0n) is 8.93. The molecule has 1 aliphatic heterocycles. The summed E-state index contributed by atoms with van der Waals surface area (Å²) in [7, 11) is 0. The Balaban J connectivity index is 1.84. The van der Waals surface area contributed by atoms with Crippen molar-refractivity contribution in [3.63, 3.8) is 0 Å². The van der Waals surface area contributed by atoms with Crippen LogP contribution in [0.3, 0.4) is 0 Å². The summed E-state index contributed by atoms with van der Waals surface area (Å²) >= 11 is 0. The number of aromatic nitrogens is 3. The Labute approximate surface area is 92.9 Å². The van der Waals surface area contributed by atoms with E-state index in [-0.39, 0.29) is 6.61 Å². The molecule has 1 aromatic heterocycles. The van der Waals surface area contributed by atoms with Crippen LogP contribution in [0.2, 0.25) is 0 Å². The number of hydrogen-bond acceptors (Lipinski definition) is 5. The number of amides is 1. The molecular formula is C9H15N5O2. The molecule has 0 saturated carbocycles. The minimum atomic E-state index is -0.799. The first kappa shape index (κ1) is 10.9. The Morgan fingerprint density at radius 3 is 3.31 bits per heavy atom. The van der Waals surface area contributed by atoms with Gasteiger partial charge in [-0.15, -0.1) is 5.10 Å². The second kappa shape index (κ2) is 4.93. The molecule has 7 nitrogen and oxygen atoms in total. The smallest absolute Gasteiger partial charge is 0.404 e. The number of carbonyl (C=O) groups excluding carboxylic acids is 1. The number of rotatable bonds is 4. The number of nitrogens with zero attached hydrogens (tertiary/aromatic N) is 3. The molecule has 2 heterocycles. The normalized spacial score (nSPS) is 19.9. The van der Waals surface area contributed by atoms with E-state index in [0.717, 1.165) is 19.5 Å². The highest BCUT2D eigenvalue weighted by Crippen LogP contribution is 2.07. The molecule has 0 spiro atoms. The Morgan fingerprint density at radius 1 is 1.75 bits per heavy atom. The van der Waals surface area contributed by atoms with Crippen molar-refractivity contribution in [2.75, 3.05) is 6.54 Å². The number of carbonyl (C=O) groups is 1. The van der Waals surface area contributed by atoms with Crippen LogP contribution in [0.1, 0.15) is 18.5 Å². The molecule has 3 N–H and O–H groups in total. The molecule has 1 atom stereocenters. The zero-order chi connectivity index (χ0) is 11.4. The Morgan fingerprint density at radius 2 is 2.62 bits per heavy atom. The van der Waals surface area contributed by atoms with E-state index in [9.17, 15) is 4.79 Å². The minimum Gasteiger partial charge on any atom is -0.443 e. The van der Waals surface area contributed by atoms with E-state index in [1.807, 2.05) is 0 Å². The van der Waals surface area contributed by atoms with Crippen LogP contribution in [0.4, 0.5) is 4.79 Å². The SMILES string of the molecule is NC(=O)OCc1cn(CC2CCCN2)nn1. The van der Waals surface area contributed by atoms with Crippen molar-refractivity contribution in [1.82, 2.24) is 20.3 Å². The third kappa shape index (κ3) is 2.93. The van der Waals surface area contributed by atoms with Crippen LogP contribution in [0.15, 0.2) is 6.20 Å². The van der Waals surface area contributed by atoms with Crippen molar-refractivity contribution in [3.8, 4) is 0 Å². The molecule has 88 valence electrons. The molecular weight excluding hydrogens is 210 g/mol. The molecule has 1 aromatic rings. The van der Waals surface area contributed by atoms with Crippen LogP contribution in [0.25, 0.3) is 0 Å². The van der Waals surface area contributed by atoms with Gasteiger partial charge in [0.15, 0.2) is 0 Å². The Bertz CT molecular complexity index is 359. The lowest BCUT2D eigenvalue weighted by molar-refractivity contribution is 0.149. The topological polar surface area (TPSA) is 95.1 Å². The fourth-order valence-electron chi connectivity index (χ4n) is 1.78. The standard InChI is InChI=1S/C9H15N5O2/c10-9(15)16-6-8-5-14(13-12-8)4-7-2-1-3-11-7/h5,7,11H,1-4,6H2,(H2,10,15). The molecule has 0 aromatic carbocycles. The Kier molecular flexibility index (Phi) is 3.35. The zero-order valence-corrected chi connectivity index (χ0v) is 8.93. The van der Waals surface area contributed by atoms with Crippen molar-refractivity contribution < 1.29 is 9.53 Å². The van der Waals surface area contributed by atoms with Crippen LogP contribution < -0.4 is 11.1 Å². The van der Waals surface area contributed by atoms with E-state index >= 15 is 0 Å². The summed E-state index contributed by atoms with van der Waals surface area (Å²) in [6.07, 6.45) is 3.33. The van der Waals surface area contributed by atoms with E-state index in [2.05, 4.69) is 20.4 Å². The molecule has 0 bridgehead atoms. The molecule has 7 heteroatoms. The Hall–Kier alpha value is -1.63. The summed E-state index contributed by atoms with van der Waals surface area (Å²) in [5.41, 5.74) is 5.46. The van der Waals surface area contributed by atoms with Crippen molar-refractivity contribution in [1.29, 1.82) is 0 Å². The van der Waals surface area contributed by atoms with E-state index in [4.69, 9.17) is 5.73 Å². The van der Waals surface area contributed by atoms with Gasteiger partial charge in [0.05, 0.1) is 12.7 Å². The van der Waals surface area contributed by atoms with Gasteiger partial charge >= 0.3 is 6.09 Å². The summed E-state index contributed by atoms with van der Waals surface area (Å²) in [5, 5.41) is 11.2. The third-order valence-corrected chi connectivity index (χ3v) is 2.52. The molecule has 1 aliphatic rings. The summed E-state index contributed by atoms with van der Waals surface area (Å²) in [5.74, 6) is 0. The molecule has 1 amide bonds. The fraction of sp³-hybridized carbons (Fsp3) is 0.667. The van der Waals surface area contributed by atoms with Crippen LogP contribution in [0.5, 0.6) is 0 Å². The predicted octanol–water partition coefficient (Wildman–Crippen LogP) is -0.375. The fourth-order valence-corrected chi connectivity index (χ4v) is 1.78. The number of hydrogen-bond donors (Lipinski definition) is 2. The van der Waals surface area contributed by atoms with Crippen LogP contribution in [0, 0.1) is 0 Å². The van der Waals surface area contributed by atoms with E-state index in [0.29, 0.717) is 11.7 Å². The number of ether oxygens (including phenoxy) is 1. The summed E-state index contributed by atoms with van der Waals surface area (Å²) in [4.78, 5) is 10.4. The second-order valence-corrected chi connectivity index (χ2v) is 3.83. The van der Waals surface area contributed by atoms with Crippen LogP contribution in [-0.4, -0.2) is 33.7 Å². The lowest BCUT2D eigenvalue weighted by Crippen LogP contribution is -2.26. The molecule has 0 aliphatic carbocycles. The maximum atomic E-state index is 10.4. The third-order valence-electron chi connectivity index (χ3n) is 2.52. The lowest BCUT2D eigenvalue weighted by atomic mass is 10.2. The maximum Gasteiger partial charge on any atom is 0.404 e. The van der Waals surface area contributed by atoms with Gasteiger partial charge in [-0.25, -0.2) is 4.79 Å². The number of primary amides is 1. The van der Waals surface area contributed by atoms with Gasteiger partial charge in [0, 0.05) is 6.04 Å². The van der Waals surface area contributed by atoms with Gasteiger partial charge in [-0.2, -0.15) is 0 Å². The van der Waals surface area contributed by atoms with Gasteiger partial charge in [0.1, 0.15) is 12.3 Å². The molecule has 16 heavy (non-hydrogen) atoms. The highest BCUT2D eigenvalue weighted by molar-refractivity contribution is 5.64. The summed E-state index contributed by atoms with van der Waals surface area (Å²) < 4.78 is 6.37. The second-order valence-electron chi connectivity index (χ2n) is 3.83. The van der Waals surface area contributed by atoms with E-state index < -0.39 is 6.09 Å². The minimum absolute atomic E-state index is 0.0768. The van der Waals surface area contributed by atoms with Gasteiger partial charge in [-0.05, 0) is 19.4 Å². The monoisotopic (exact) mass is 225 g/mol. The number of nitrogens with one attached hydrogen (secondary N) is 1. The van der Waals surface area contributed by atoms with E-state index in [1.165, 1.54) is 6.42 Å². The van der Waals surface area contributed by atoms with Gasteiger partial charge in [0.25, 0.3) is 0 Å². The summed E-state index contributed by atoms with van der Waals surface area (Å²) in [6, 6.07) is 0.464. The number of nitrogens with two attached hydrogens (primary N) is 1. The average Bonchev–Trinajstić information content (AvgIpc) is 2.87. The first-order chi connectivity index (χ1) is 7.74. The molecule has 1 unspecified atom stereocenters. The molecule has 1 fully saturated rings. The van der Waals surface area contributed by atoms with Gasteiger partial charge in [0.2, 0.25) is 0 Å². The highest BCUT2D eigenvalue weighted by atomic mass is 16.5. The lowest BCUT2D eigenvalue weighted by Gasteiger charge is -2.08. The largest absolute Gasteiger partial charge is 0.443 e. The molecule has 2 rings (SSSR count). The van der Waals surface area contributed by atoms with Crippen molar-refractivity contribution >= 4 is 6.09 Å². The highest BCUT2D eigenvalue weighted by Gasteiger charge is 2.15. The predicted molar refractivity (Wildman–Crippen MR) is 55.4 cm³/mol. The van der Waals surface area contributed by atoms with Gasteiger partial charge < -0.3 is 15.8 Å². The van der Waals surface area contributed by atoms with Crippen molar-refractivity contribution in [3.05, 3.63) is 11.9 Å². The maximum absolute atomic E-state index is 10.4. The van der Waals surface area contributed by atoms with Crippen LogP contribution >= 0.6 is 0 Å². The first-order valence-corrected chi connectivity index (χ1v) is 5.28. The quantitative estimate of drug-likeness (QED) is 0.728. The van der Waals surface area contributed by atoms with Gasteiger partial charge in [-0.1, -0.05) is 5.21 Å². The van der Waals surface area contributed by atoms with Crippen molar-refractivity contribution in [2.24, 2.45) is 5.73 Å². The van der Waals surface area contributed by atoms with Crippen molar-refractivity contribution in [2.45, 2.75) is 32.0 Å².